The lowest BCUT2D eigenvalue weighted by Crippen LogP contribution is -2.41. The molecule has 1 amide bonds. The minimum absolute atomic E-state index is 0.0442. The van der Waals surface area contributed by atoms with E-state index in [9.17, 15) is 24.4 Å². The fourth-order valence-corrected chi connectivity index (χ4v) is 7.19. The summed E-state index contributed by atoms with van der Waals surface area (Å²) in [4.78, 5) is 41.2. The zero-order valence-corrected chi connectivity index (χ0v) is 26.5. The minimum atomic E-state index is -4.15. The maximum Gasteiger partial charge on any atom is 0.405 e. The highest BCUT2D eigenvalue weighted by atomic mass is 31.2. The number of aliphatic imine (C=N–C) groups is 1. The molecule has 20 heteroatoms. The van der Waals surface area contributed by atoms with Crippen LogP contribution in [0.4, 0.5) is 5.95 Å². The highest BCUT2D eigenvalue weighted by Gasteiger charge is 2.50. The number of aliphatic hydroxyl groups excluding tert-OH is 2. The van der Waals surface area contributed by atoms with Crippen LogP contribution in [0.1, 0.15) is 19.1 Å². The normalized spacial score (nSPS) is 31.2. The first-order valence-corrected chi connectivity index (χ1v) is 16.2. The predicted molar refractivity (Wildman–Crippen MR) is 163 cm³/mol. The van der Waals surface area contributed by atoms with Gasteiger partial charge in [0, 0.05) is 20.1 Å². The molecule has 5 heterocycles. The lowest BCUT2D eigenvalue weighted by molar-refractivity contribution is -0.127. The van der Waals surface area contributed by atoms with Crippen molar-refractivity contribution in [3.05, 3.63) is 28.8 Å². The summed E-state index contributed by atoms with van der Waals surface area (Å²) < 4.78 is 45.0. The first-order valence-electron chi connectivity index (χ1n) is 14.7. The van der Waals surface area contributed by atoms with E-state index < -0.39 is 81.2 Å². The van der Waals surface area contributed by atoms with Crippen LogP contribution >= 0.6 is 7.75 Å². The summed E-state index contributed by atoms with van der Waals surface area (Å²) in [6, 6.07) is 0. The molecule has 2 fully saturated rings. The third kappa shape index (κ3) is 7.38. The van der Waals surface area contributed by atoms with Crippen molar-refractivity contribution in [1.29, 1.82) is 0 Å². The molecule has 3 aliphatic rings. The third-order valence-corrected chi connectivity index (χ3v) is 9.54. The molecule has 0 aromatic carbocycles. The molecule has 254 valence electrons. The molecule has 0 saturated carbocycles. The van der Waals surface area contributed by atoms with Gasteiger partial charge in [-0.1, -0.05) is 6.08 Å². The summed E-state index contributed by atoms with van der Waals surface area (Å²) in [6.07, 6.45) is -1.77. The van der Waals surface area contributed by atoms with Gasteiger partial charge >= 0.3 is 7.75 Å². The first kappa shape index (κ1) is 34.2. The number of nitrogens with two attached hydrogens (primary N) is 2. The van der Waals surface area contributed by atoms with E-state index in [-0.39, 0.29) is 35.9 Å². The highest BCUT2D eigenvalue weighted by molar-refractivity contribution is 7.51. The monoisotopic (exact) mass is 669 g/mol. The van der Waals surface area contributed by atoms with Crippen molar-refractivity contribution >= 4 is 36.6 Å². The van der Waals surface area contributed by atoms with E-state index in [2.05, 4.69) is 25.0 Å². The Morgan fingerprint density at radius 3 is 2.74 bits per heavy atom. The summed E-state index contributed by atoms with van der Waals surface area (Å²) in [5.74, 6) is -1.46. The maximum atomic E-state index is 14.2. The number of carbonyl (C=O) groups is 1. The Bertz CT molecular complexity index is 1560. The number of carbonyl (C=O) groups excluding carboxylic acids is 1. The van der Waals surface area contributed by atoms with Crippen molar-refractivity contribution < 1.29 is 42.8 Å². The molecule has 2 aromatic heterocycles. The molecule has 8 N–H and O–H groups in total. The molecule has 2 saturated heterocycles. The molecule has 4 unspecified atom stereocenters. The van der Waals surface area contributed by atoms with Crippen molar-refractivity contribution in [2.45, 2.75) is 55.7 Å². The van der Waals surface area contributed by atoms with E-state index >= 15 is 0 Å². The summed E-state index contributed by atoms with van der Waals surface area (Å²) >= 11 is 0. The van der Waals surface area contributed by atoms with Gasteiger partial charge < -0.3 is 40.8 Å². The number of methoxy groups -OCH3 is 1. The van der Waals surface area contributed by atoms with E-state index in [1.54, 1.807) is 0 Å². The maximum absolute atomic E-state index is 14.2. The number of aromatic amines is 1. The Balaban J connectivity index is 1.31. The van der Waals surface area contributed by atoms with Crippen molar-refractivity contribution in [2.75, 3.05) is 53.2 Å². The molecule has 46 heavy (non-hydrogen) atoms. The number of fused-ring (bicyclic) bond motifs is 1. The van der Waals surface area contributed by atoms with Gasteiger partial charge in [0.1, 0.15) is 48.7 Å². The average molecular weight is 670 g/mol. The zero-order valence-electron chi connectivity index (χ0n) is 25.6. The second kappa shape index (κ2) is 14.3. The summed E-state index contributed by atoms with van der Waals surface area (Å²) in [5, 5.41) is 24.0. The van der Waals surface area contributed by atoms with Gasteiger partial charge in [-0.25, -0.2) is 14.6 Å². The lowest BCUT2D eigenvalue weighted by Gasteiger charge is -2.26. The van der Waals surface area contributed by atoms with Crippen LogP contribution < -0.4 is 22.1 Å². The van der Waals surface area contributed by atoms with Gasteiger partial charge in [-0.2, -0.15) is 9.98 Å². The molecular weight excluding hydrogens is 629 g/mol. The molecular formula is C26H40N9O10P. The summed E-state index contributed by atoms with van der Waals surface area (Å²) in [6.45, 7) is 0.0423. The number of hydrogen-bond acceptors (Lipinski definition) is 15. The van der Waals surface area contributed by atoms with Crippen LogP contribution in [0, 0.1) is 5.92 Å². The quantitative estimate of drug-likeness (QED) is 0.0961. The fourth-order valence-electron chi connectivity index (χ4n) is 5.61. The number of amidine groups is 1. The van der Waals surface area contributed by atoms with Crippen molar-refractivity contribution in [1.82, 2.24) is 29.5 Å². The van der Waals surface area contributed by atoms with Crippen LogP contribution in [0.2, 0.25) is 0 Å². The third-order valence-electron chi connectivity index (χ3n) is 7.89. The molecule has 2 aromatic rings. The first-order chi connectivity index (χ1) is 21.9. The van der Waals surface area contributed by atoms with Crippen LogP contribution in [-0.2, 0) is 32.6 Å². The molecule has 0 radical (unpaired) electrons. The number of aromatic nitrogens is 4. The number of rotatable bonds is 14. The van der Waals surface area contributed by atoms with Gasteiger partial charge in [0.2, 0.25) is 5.95 Å². The second-order valence-electron chi connectivity index (χ2n) is 11.4. The highest BCUT2D eigenvalue weighted by Crippen LogP contribution is 2.49. The van der Waals surface area contributed by atoms with Gasteiger partial charge in [-0.05, 0) is 33.1 Å². The number of dihydropyridines is 1. The topological polar surface area (TPSA) is 264 Å². The number of aliphatic hydroxyl groups is 2. The molecule has 5 rings (SSSR count). The number of amides is 1. The van der Waals surface area contributed by atoms with Crippen LogP contribution in [0.5, 0.6) is 0 Å². The van der Waals surface area contributed by atoms with Crippen LogP contribution in [0.25, 0.3) is 11.2 Å². The fraction of sp³-hybridized carbons (Fsp3) is 0.654. The standard InChI is InChI=1S/C26H40N9O10P/c1-34(2)8-4-7-30-46(40,42-11-16-20(37)22(41-3)21(44-16)13-5-6-17(27)31-24(13)38)45-14-9-18(43-15(14)10-36)35-12-29-19-23(35)32-26(28)33-25(19)39/h5-6,12-16,18,20-22,36-37H,4,7-11H2,1-3H3,(H,30,40)(H2,27,31,38)(H3,28,32,33,39)/t13?,14?,15-,16-,18-,20?,21+,22-,46?/m1/s1. The predicted octanol–water partition coefficient (Wildman–Crippen LogP) is -1.75. The van der Waals surface area contributed by atoms with Gasteiger partial charge in [-0.15, -0.1) is 0 Å². The van der Waals surface area contributed by atoms with E-state index in [0.29, 0.717) is 13.0 Å². The van der Waals surface area contributed by atoms with E-state index in [1.807, 2.05) is 19.0 Å². The Labute approximate surface area is 263 Å². The second-order valence-corrected chi connectivity index (χ2v) is 13.2. The Kier molecular flexibility index (Phi) is 10.7. The number of nitrogens with one attached hydrogen (secondary N) is 2. The number of H-pyrrole nitrogens is 1. The molecule has 0 spiro atoms. The Morgan fingerprint density at radius 1 is 1.26 bits per heavy atom. The smallest absolute Gasteiger partial charge is 0.394 e. The van der Waals surface area contributed by atoms with Gasteiger partial charge in [-0.3, -0.25) is 28.2 Å². The van der Waals surface area contributed by atoms with Crippen molar-refractivity contribution in [2.24, 2.45) is 16.6 Å². The Morgan fingerprint density at radius 2 is 2.04 bits per heavy atom. The van der Waals surface area contributed by atoms with E-state index in [0.717, 1.165) is 0 Å². The Hall–Kier alpha value is -3.10. The lowest BCUT2D eigenvalue weighted by atomic mass is 9.93. The van der Waals surface area contributed by atoms with Gasteiger partial charge in [0.25, 0.3) is 11.5 Å². The van der Waals surface area contributed by atoms with Crippen LogP contribution in [-0.4, -0.2) is 131 Å². The molecule has 9 atom stereocenters. The number of anilines is 1. The van der Waals surface area contributed by atoms with Crippen LogP contribution in [0.15, 0.2) is 28.3 Å². The van der Waals surface area contributed by atoms with Gasteiger partial charge in [0.15, 0.2) is 11.2 Å². The largest absolute Gasteiger partial charge is 0.405 e. The molecule has 3 aliphatic heterocycles. The summed E-state index contributed by atoms with van der Waals surface area (Å²) in [5.41, 5.74) is 11.0. The van der Waals surface area contributed by atoms with Crippen molar-refractivity contribution in [3.8, 4) is 0 Å². The SMILES string of the molecule is CO[C@@H]1C(O)[C@@H](COP(=O)(NCCCN(C)C)OC2C[C@H](n3cnc4c(=O)[nH]c(N)nc43)O[C@@H]2CO)O[C@H]1C1C=CC(N)=NC1=O. The van der Waals surface area contributed by atoms with E-state index in [1.165, 1.54) is 30.2 Å². The number of nitrogens with zero attached hydrogens (tertiary/aromatic N) is 5. The summed E-state index contributed by atoms with van der Waals surface area (Å²) in [7, 11) is 1.02. The van der Waals surface area contributed by atoms with Crippen LogP contribution in [0.3, 0.4) is 0 Å². The minimum Gasteiger partial charge on any atom is -0.394 e. The average Bonchev–Trinajstić information content (AvgIpc) is 3.69. The number of ether oxygens (including phenoxy) is 3. The number of nitrogen functional groups attached to an aromatic ring is 1. The molecule has 0 aliphatic carbocycles. The van der Waals surface area contributed by atoms with Gasteiger partial charge in [0.05, 0.1) is 25.5 Å². The molecule has 0 bridgehead atoms. The number of imidazole rings is 1. The van der Waals surface area contributed by atoms with Crippen molar-refractivity contribution in [3.63, 3.8) is 0 Å². The molecule has 19 nitrogen and oxygen atoms in total. The number of hydrogen-bond donors (Lipinski definition) is 6. The zero-order chi connectivity index (χ0) is 33.2. The van der Waals surface area contributed by atoms with E-state index in [4.69, 9.17) is 34.7 Å².